The Morgan fingerprint density at radius 1 is 1.42 bits per heavy atom. The highest BCUT2D eigenvalue weighted by Crippen LogP contribution is 2.31. The van der Waals surface area contributed by atoms with Gasteiger partial charge in [0.05, 0.1) is 0 Å². The van der Waals surface area contributed by atoms with Crippen LogP contribution >= 0.6 is 11.3 Å². The Bertz CT molecular complexity index is 252. The van der Waals surface area contributed by atoms with E-state index in [-0.39, 0.29) is 6.04 Å². The van der Waals surface area contributed by atoms with Crippen LogP contribution < -0.4 is 5.73 Å². The van der Waals surface area contributed by atoms with Crippen molar-refractivity contribution in [3.8, 4) is 0 Å². The van der Waals surface area contributed by atoms with Crippen molar-refractivity contribution in [3.05, 3.63) is 21.4 Å². The van der Waals surface area contributed by atoms with E-state index in [0.29, 0.717) is 0 Å². The Labute approximate surface area is 77.6 Å². The van der Waals surface area contributed by atoms with Gasteiger partial charge in [-0.15, -0.1) is 11.3 Å². The SMILES string of the molecule is CC(N)c1cc2c(s1)CCCC2. The summed E-state index contributed by atoms with van der Waals surface area (Å²) in [5.41, 5.74) is 7.40. The molecule has 0 aromatic carbocycles. The van der Waals surface area contributed by atoms with Crippen molar-refractivity contribution < 1.29 is 0 Å². The quantitative estimate of drug-likeness (QED) is 0.708. The fraction of sp³-hybridized carbons (Fsp3) is 0.600. The van der Waals surface area contributed by atoms with E-state index in [9.17, 15) is 0 Å². The van der Waals surface area contributed by atoms with Crippen molar-refractivity contribution in [2.24, 2.45) is 5.73 Å². The van der Waals surface area contributed by atoms with Crippen LogP contribution in [0.4, 0.5) is 0 Å². The summed E-state index contributed by atoms with van der Waals surface area (Å²) in [4.78, 5) is 2.95. The Morgan fingerprint density at radius 2 is 2.17 bits per heavy atom. The molecule has 2 rings (SSSR count). The third kappa shape index (κ3) is 1.41. The van der Waals surface area contributed by atoms with Crippen molar-refractivity contribution in [1.29, 1.82) is 0 Å². The average Bonchev–Trinajstić information content (AvgIpc) is 2.46. The topological polar surface area (TPSA) is 26.0 Å². The number of rotatable bonds is 1. The van der Waals surface area contributed by atoms with Gasteiger partial charge in [-0.25, -0.2) is 0 Å². The first-order valence-corrected chi connectivity index (χ1v) is 5.46. The second kappa shape index (κ2) is 3.19. The van der Waals surface area contributed by atoms with Crippen LogP contribution in [0.15, 0.2) is 6.07 Å². The average molecular weight is 181 g/mol. The number of thiophene rings is 1. The molecule has 1 aromatic heterocycles. The van der Waals surface area contributed by atoms with Gasteiger partial charge < -0.3 is 5.73 Å². The molecular formula is C10H15NS. The van der Waals surface area contributed by atoms with E-state index >= 15 is 0 Å². The normalized spacial score (nSPS) is 18.8. The molecule has 0 spiro atoms. The summed E-state index contributed by atoms with van der Waals surface area (Å²) in [6.45, 7) is 2.07. The molecule has 1 atom stereocenters. The molecule has 66 valence electrons. The second-order valence-electron chi connectivity index (χ2n) is 3.59. The Morgan fingerprint density at radius 3 is 2.83 bits per heavy atom. The largest absolute Gasteiger partial charge is 0.324 e. The van der Waals surface area contributed by atoms with Crippen molar-refractivity contribution in [2.45, 2.75) is 38.6 Å². The molecule has 1 heterocycles. The number of fused-ring (bicyclic) bond motifs is 1. The van der Waals surface area contributed by atoms with Gasteiger partial charge in [-0.2, -0.15) is 0 Å². The Hall–Kier alpha value is -0.340. The molecule has 1 aliphatic rings. The van der Waals surface area contributed by atoms with Gasteiger partial charge in [0, 0.05) is 15.8 Å². The first-order chi connectivity index (χ1) is 5.77. The van der Waals surface area contributed by atoms with Gasteiger partial charge in [0.25, 0.3) is 0 Å². The van der Waals surface area contributed by atoms with Crippen LogP contribution in [0.3, 0.4) is 0 Å². The predicted molar refractivity (Wildman–Crippen MR) is 53.6 cm³/mol. The molecule has 1 nitrogen and oxygen atoms in total. The highest BCUT2D eigenvalue weighted by atomic mass is 32.1. The molecule has 0 saturated carbocycles. The molecule has 0 amide bonds. The molecule has 1 aromatic rings. The highest BCUT2D eigenvalue weighted by molar-refractivity contribution is 7.12. The number of hydrogen-bond acceptors (Lipinski definition) is 2. The zero-order valence-corrected chi connectivity index (χ0v) is 8.29. The summed E-state index contributed by atoms with van der Waals surface area (Å²) in [6, 6.07) is 2.53. The third-order valence-electron chi connectivity index (χ3n) is 2.46. The second-order valence-corrected chi connectivity index (χ2v) is 4.76. The van der Waals surface area contributed by atoms with Gasteiger partial charge in [0.2, 0.25) is 0 Å². The van der Waals surface area contributed by atoms with Crippen LogP contribution in [0, 0.1) is 0 Å². The third-order valence-corrected chi connectivity index (χ3v) is 3.90. The minimum atomic E-state index is 0.223. The van der Waals surface area contributed by atoms with Gasteiger partial charge in [-0.1, -0.05) is 0 Å². The summed E-state index contributed by atoms with van der Waals surface area (Å²) in [6.07, 6.45) is 5.29. The molecule has 0 aliphatic heterocycles. The van der Waals surface area contributed by atoms with Crippen LogP contribution in [-0.4, -0.2) is 0 Å². The smallest absolute Gasteiger partial charge is 0.0361 e. The van der Waals surface area contributed by atoms with Gasteiger partial charge >= 0.3 is 0 Å². The molecule has 0 bridgehead atoms. The van der Waals surface area contributed by atoms with E-state index in [0.717, 1.165) is 0 Å². The maximum absolute atomic E-state index is 5.84. The standard InChI is InChI=1S/C10H15NS/c1-7(11)10-6-8-4-2-3-5-9(8)12-10/h6-7H,2-5,11H2,1H3. The highest BCUT2D eigenvalue weighted by Gasteiger charge is 2.14. The lowest BCUT2D eigenvalue weighted by molar-refractivity contribution is 0.696. The predicted octanol–water partition coefficient (Wildman–Crippen LogP) is 2.65. The molecule has 0 radical (unpaired) electrons. The molecule has 0 fully saturated rings. The molecule has 1 aliphatic carbocycles. The minimum absolute atomic E-state index is 0.223. The van der Waals surface area contributed by atoms with Gasteiger partial charge in [-0.05, 0) is 44.2 Å². The van der Waals surface area contributed by atoms with Crippen LogP contribution in [0.2, 0.25) is 0 Å². The first kappa shape index (κ1) is 8.27. The van der Waals surface area contributed by atoms with Crippen LogP contribution in [-0.2, 0) is 12.8 Å². The van der Waals surface area contributed by atoms with E-state index in [1.807, 2.05) is 11.3 Å². The maximum atomic E-state index is 5.84. The van der Waals surface area contributed by atoms with E-state index in [1.165, 1.54) is 30.6 Å². The van der Waals surface area contributed by atoms with Crippen molar-refractivity contribution in [2.75, 3.05) is 0 Å². The lowest BCUT2D eigenvalue weighted by Gasteiger charge is -2.08. The Kier molecular flexibility index (Phi) is 2.20. The molecule has 2 N–H and O–H groups in total. The van der Waals surface area contributed by atoms with E-state index in [2.05, 4.69) is 13.0 Å². The molecule has 12 heavy (non-hydrogen) atoms. The van der Waals surface area contributed by atoms with Crippen molar-refractivity contribution in [3.63, 3.8) is 0 Å². The molecular weight excluding hydrogens is 166 g/mol. The fourth-order valence-corrected chi connectivity index (χ4v) is 2.95. The van der Waals surface area contributed by atoms with Crippen LogP contribution in [0.1, 0.15) is 41.1 Å². The van der Waals surface area contributed by atoms with E-state index < -0.39 is 0 Å². The zero-order valence-electron chi connectivity index (χ0n) is 7.47. The minimum Gasteiger partial charge on any atom is -0.324 e. The van der Waals surface area contributed by atoms with Crippen molar-refractivity contribution in [1.82, 2.24) is 0 Å². The number of hydrogen-bond donors (Lipinski definition) is 1. The molecule has 0 saturated heterocycles. The molecule has 2 heteroatoms. The van der Waals surface area contributed by atoms with E-state index in [1.54, 1.807) is 10.4 Å². The number of aryl methyl sites for hydroxylation is 2. The van der Waals surface area contributed by atoms with Gasteiger partial charge in [0.15, 0.2) is 0 Å². The molecule has 1 unspecified atom stereocenters. The van der Waals surface area contributed by atoms with Gasteiger partial charge in [0.1, 0.15) is 0 Å². The Balaban J connectivity index is 2.32. The summed E-state index contributed by atoms with van der Waals surface area (Å²) in [5.74, 6) is 0. The lowest BCUT2D eigenvalue weighted by Crippen LogP contribution is -2.01. The summed E-state index contributed by atoms with van der Waals surface area (Å²) >= 11 is 1.92. The zero-order chi connectivity index (χ0) is 8.55. The fourth-order valence-electron chi connectivity index (χ4n) is 1.74. The van der Waals surface area contributed by atoms with Gasteiger partial charge in [-0.3, -0.25) is 0 Å². The lowest BCUT2D eigenvalue weighted by atomic mass is 9.99. The summed E-state index contributed by atoms with van der Waals surface area (Å²) < 4.78 is 0. The maximum Gasteiger partial charge on any atom is 0.0361 e. The van der Waals surface area contributed by atoms with E-state index in [4.69, 9.17) is 5.73 Å². The summed E-state index contributed by atoms with van der Waals surface area (Å²) in [7, 11) is 0. The van der Waals surface area contributed by atoms with Crippen LogP contribution in [0.25, 0.3) is 0 Å². The van der Waals surface area contributed by atoms with Crippen LogP contribution in [0.5, 0.6) is 0 Å². The van der Waals surface area contributed by atoms with Crippen molar-refractivity contribution >= 4 is 11.3 Å². The first-order valence-electron chi connectivity index (χ1n) is 4.64. The monoisotopic (exact) mass is 181 g/mol. The summed E-state index contributed by atoms with van der Waals surface area (Å²) in [5, 5.41) is 0. The number of nitrogens with two attached hydrogens (primary N) is 1.